The smallest absolute Gasteiger partial charge is 0.252 e. The number of amides is 1. The SMILES string of the molecule is CCC(C)CNC(=O)c1cc(S(N)(=O)=O)c(Br)cc1Cl. The first-order valence-corrected chi connectivity index (χ1v) is 8.68. The summed E-state index contributed by atoms with van der Waals surface area (Å²) in [5.41, 5.74) is 0.0854. The first-order chi connectivity index (χ1) is 9.16. The highest BCUT2D eigenvalue weighted by Crippen LogP contribution is 2.28. The highest BCUT2D eigenvalue weighted by atomic mass is 79.9. The molecule has 0 spiro atoms. The summed E-state index contributed by atoms with van der Waals surface area (Å²) in [6, 6.07) is 2.52. The minimum Gasteiger partial charge on any atom is -0.352 e. The molecule has 1 rings (SSSR count). The fourth-order valence-corrected chi connectivity index (χ4v) is 3.44. The van der Waals surface area contributed by atoms with Crippen molar-refractivity contribution in [2.24, 2.45) is 11.1 Å². The van der Waals surface area contributed by atoms with Crippen molar-refractivity contribution in [1.29, 1.82) is 0 Å². The van der Waals surface area contributed by atoms with E-state index in [4.69, 9.17) is 16.7 Å². The van der Waals surface area contributed by atoms with Gasteiger partial charge in [0.05, 0.1) is 15.5 Å². The van der Waals surface area contributed by atoms with Crippen molar-refractivity contribution in [2.75, 3.05) is 6.54 Å². The lowest BCUT2D eigenvalue weighted by Crippen LogP contribution is -2.28. The lowest BCUT2D eigenvalue weighted by molar-refractivity contribution is 0.0947. The van der Waals surface area contributed by atoms with Crippen LogP contribution in [0.25, 0.3) is 0 Å². The molecule has 1 amide bonds. The van der Waals surface area contributed by atoms with Crippen molar-refractivity contribution in [3.05, 3.63) is 27.2 Å². The summed E-state index contributed by atoms with van der Waals surface area (Å²) < 4.78 is 23.1. The first kappa shape index (κ1) is 17.4. The fraction of sp³-hybridized carbons (Fsp3) is 0.417. The van der Waals surface area contributed by atoms with Gasteiger partial charge < -0.3 is 5.32 Å². The third-order valence-electron chi connectivity index (χ3n) is 2.88. The molecule has 0 heterocycles. The molecule has 0 aliphatic carbocycles. The minimum absolute atomic E-state index is 0.0854. The van der Waals surface area contributed by atoms with Gasteiger partial charge in [-0.05, 0) is 34.0 Å². The van der Waals surface area contributed by atoms with Crippen LogP contribution in [0, 0.1) is 5.92 Å². The van der Waals surface area contributed by atoms with Crippen molar-refractivity contribution >= 4 is 43.5 Å². The Morgan fingerprint density at radius 2 is 2.10 bits per heavy atom. The number of nitrogens with one attached hydrogen (secondary N) is 1. The van der Waals surface area contributed by atoms with Gasteiger partial charge in [0.15, 0.2) is 0 Å². The van der Waals surface area contributed by atoms with Crippen LogP contribution in [-0.4, -0.2) is 20.9 Å². The predicted molar refractivity (Wildman–Crippen MR) is 82.3 cm³/mol. The zero-order valence-electron chi connectivity index (χ0n) is 11.1. The maximum atomic E-state index is 12.0. The molecule has 8 heteroatoms. The molecule has 112 valence electrons. The van der Waals surface area contributed by atoms with E-state index in [1.54, 1.807) is 0 Å². The van der Waals surface area contributed by atoms with Crippen molar-refractivity contribution in [3.63, 3.8) is 0 Å². The van der Waals surface area contributed by atoms with Gasteiger partial charge in [-0.15, -0.1) is 0 Å². The standard InChI is InChI=1S/C12H16BrClN2O3S/c1-3-7(2)6-16-12(17)8-4-11(20(15,18)19)9(13)5-10(8)14/h4-5,7H,3,6H2,1-2H3,(H,16,17)(H2,15,18,19). The molecule has 0 aromatic heterocycles. The molecule has 0 bridgehead atoms. The van der Waals surface area contributed by atoms with E-state index >= 15 is 0 Å². The quantitative estimate of drug-likeness (QED) is 0.818. The molecule has 1 unspecified atom stereocenters. The molecule has 1 aromatic carbocycles. The molecular formula is C12H16BrClN2O3S. The monoisotopic (exact) mass is 382 g/mol. The van der Waals surface area contributed by atoms with E-state index < -0.39 is 15.9 Å². The molecule has 0 fully saturated rings. The number of sulfonamides is 1. The number of hydrogen-bond donors (Lipinski definition) is 2. The van der Waals surface area contributed by atoms with Crippen molar-refractivity contribution in [3.8, 4) is 0 Å². The van der Waals surface area contributed by atoms with Gasteiger partial charge in [-0.3, -0.25) is 4.79 Å². The van der Waals surface area contributed by atoms with Crippen LogP contribution < -0.4 is 10.5 Å². The molecule has 0 aliphatic rings. The summed E-state index contributed by atoms with van der Waals surface area (Å²) in [6.45, 7) is 4.51. The summed E-state index contributed by atoms with van der Waals surface area (Å²) in [5, 5.41) is 7.96. The Morgan fingerprint density at radius 3 is 2.60 bits per heavy atom. The molecule has 0 saturated carbocycles. The van der Waals surface area contributed by atoms with Crippen LogP contribution in [0.15, 0.2) is 21.5 Å². The second kappa shape index (κ2) is 6.89. The Hall–Kier alpha value is -0.630. The van der Waals surface area contributed by atoms with Gasteiger partial charge in [-0.25, -0.2) is 13.6 Å². The van der Waals surface area contributed by atoms with Crippen LogP contribution in [0.3, 0.4) is 0 Å². The van der Waals surface area contributed by atoms with E-state index in [2.05, 4.69) is 21.2 Å². The summed E-state index contributed by atoms with van der Waals surface area (Å²) in [6.07, 6.45) is 0.927. The third-order valence-corrected chi connectivity index (χ3v) is 5.06. The Morgan fingerprint density at radius 1 is 1.50 bits per heavy atom. The fourth-order valence-electron chi connectivity index (χ4n) is 1.43. The molecule has 0 saturated heterocycles. The number of halogens is 2. The normalized spacial score (nSPS) is 13.1. The maximum absolute atomic E-state index is 12.0. The maximum Gasteiger partial charge on any atom is 0.252 e. The number of carbonyl (C=O) groups is 1. The molecule has 1 aromatic rings. The van der Waals surface area contributed by atoms with E-state index in [0.29, 0.717) is 12.5 Å². The van der Waals surface area contributed by atoms with E-state index in [-0.39, 0.29) is 20.0 Å². The average Bonchev–Trinajstić information content (AvgIpc) is 2.33. The van der Waals surface area contributed by atoms with Gasteiger partial charge in [0.25, 0.3) is 5.91 Å². The molecule has 0 radical (unpaired) electrons. The molecule has 1 atom stereocenters. The number of nitrogens with two attached hydrogens (primary N) is 1. The Labute approximate surface area is 132 Å². The van der Waals surface area contributed by atoms with Crippen LogP contribution in [0.4, 0.5) is 0 Å². The van der Waals surface area contributed by atoms with E-state index in [1.807, 2.05) is 13.8 Å². The number of rotatable bonds is 5. The average molecular weight is 384 g/mol. The molecule has 5 nitrogen and oxygen atoms in total. The van der Waals surface area contributed by atoms with Crippen LogP contribution >= 0.6 is 27.5 Å². The van der Waals surface area contributed by atoms with Crippen LogP contribution in [0.1, 0.15) is 30.6 Å². The second-order valence-electron chi connectivity index (χ2n) is 4.53. The lowest BCUT2D eigenvalue weighted by atomic mass is 10.1. The molecular weight excluding hydrogens is 368 g/mol. The Balaban J connectivity index is 3.10. The number of hydrogen-bond acceptors (Lipinski definition) is 3. The van der Waals surface area contributed by atoms with Crippen molar-refractivity contribution in [1.82, 2.24) is 5.32 Å². The van der Waals surface area contributed by atoms with Gasteiger partial charge in [0.1, 0.15) is 0 Å². The largest absolute Gasteiger partial charge is 0.352 e. The van der Waals surface area contributed by atoms with Crippen LogP contribution in [0.2, 0.25) is 5.02 Å². The third kappa shape index (κ3) is 4.44. The first-order valence-electron chi connectivity index (χ1n) is 5.96. The number of carbonyl (C=O) groups excluding carboxylic acids is 1. The number of benzene rings is 1. The van der Waals surface area contributed by atoms with Gasteiger partial charge in [0.2, 0.25) is 10.0 Å². The highest BCUT2D eigenvalue weighted by molar-refractivity contribution is 9.10. The van der Waals surface area contributed by atoms with Crippen LogP contribution in [0.5, 0.6) is 0 Å². The predicted octanol–water partition coefficient (Wildman–Crippen LogP) is 2.53. The summed E-state index contributed by atoms with van der Waals surface area (Å²) in [7, 11) is -3.93. The number of primary sulfonamides is 1. The second-order valence-corrected chi connectivity index (χ2v) is 7.32. The molecule has 0 aliphatic heterocycles. The van der Waals surface area contributed by atoms with Crippen LogP contribution in [-0.2, 0) is 10.0 Å². The summed E-state index contributed by atoms with van der Waals surface area (Å²) in [4.78, 5) is 11.9. The van der Waals surface area contributed by atoms with E-state index in [0.717, 1.165) is 6.42 Å². The van der Waals surface area contributed by atoms with Gasteiger partial charge in [0, 0.05) is 11.0 Å². The van der Waals surface area contributed by atoms with Gasteiger partial charge >= 0.3 is 0 Å². The van der Waals surface area contributed by atoms with Gasteiger partial charge in [-0.1, -0.05) is 31.9 Å². The zero-order valence-corrected chi connectivity index (χ0v) is 14.3. The summed E-state index contributed by atoms with van der Waals surface area (Å²) >= 11 is 9.03. The Bertz CT molecular complexity index is 619. The topological polar surface area (TPSA) is 89.3 Å². The zero-order chi connectivity index (χ0) is 15.5. The highest BCUT2D eigenvalue weighted by Gasteiger charge is 2.19. The summed E-state index contributed by atoms with van der Waals surface area (Å²) in [5.74, 6) is -0.0985. The lowest BCUT2D eigenvalue weighted by Gasteiger charge is -2.12. The van der Waals surface area contributed by atoms with E-state index in [9.17, 15) is 13.2 Å². The van der Waals surface area contributed by atoms with Gasteiger partial charge in [-0.2, -0.15) is 0 Å². The van der Waals surface area contributed by atoms with Crippen molar-refractivity contribution < 1.29 is 13.2 Å². The Kier molecular flexibility index (Phi) is 6.00. The van der Waals surface area contributed by atoms with Crippen molar-refractivity contribution in [2.45, 2.75) is 25.2 Å². The molecule has 20 heavy (non-hydrogen) atoms. The minimum atomic E-state index is -3.93. The van der Waals surface area contributed by atoms with E-state index in [1.165, 1.54) is 12.1 Å². The molecule has 3 N–H and O–H groups in total.